The molecule has 0 saturated carbocycles. The minimum absolute atomic E-state index is 0.0111. The number of ether oxygens (including phenoxy) is 1. The van der Waals surface area contributed by atoms with Crippen molar-refractivity contribution in [2.75, 3.05) is 31.2 Å². The smallest absolute Gasteiger partial charge is 0.151 e. The number of hydrogen-bond acceptors (Lipinski definition) is 5. The van der Waals surface area contributed by atoms with Gasteiger partial charge in [-0.25, -0.2) is 13.2 Å². The van der Waals surface area contributed by atoms with Gasteiger partial charge in [0.25, 0.3) is 0 Å². The van der Waals surface area contributed by atoms with Gasteiger partial charge < -0.3 is 25.0 Å². The summed E-state index contributed by atoms with van der Waals surface area (Å²) in [6, 6.07) is 5.90. The third kappa shape index (κ3) is 5.00. The molecule has 0 bridgehead atoms. The Labute approximate surface area is 177 Å². The molecule has 1 fully saturated rings. The molecular formula is C21H23ClF3NO4. The predicted molar refractivity (Wildman–Crippen MR) is 106 cm³/mol. The molecule has 0 amide bonds. The van der Waals surface area contributed by atoms with Gasteiger partial charge in [-0.1, -0.05) is 11.6 Å². The third-order valence-corrected chi connectivity index (χ3v) is 5.45. The predicted octanol–water partition coefficient (Wildman–Crippen LogP) is 3.06. The Bertz CT molecular complexity index is 878. The molecule has 0 unspecified atom stereocenters. The second-order valence-corrected chi connectivity index (χ2v) is 7.84. The molecule has 9 heteroatoms. The van der Waals surface area contributed by atoms with Crippen LogP contribution in [-0.2, 0) is 6.42 Å². The van der Waals surface area contributed by atoms with E-state index in [-0.39, 0.29) is 43.4 Å². The number of benzene rings is 2. The molecule has 3 N–H and O–H groups in total. The summed E-state index contributed by atoms with van der Waals surface area (Å²) in [4.78, 5) is 1.31. The molecule has 2 aromatic carbocycles. The molecule has 3 rings (SSSR count). The number of nitrogens with zero attached hydrogens (tertiary/aromatic N) is 1. The maximum Gasteiger partial charge on any atom is 0.151 e. The zero-order chi connectivity index (χ0) is 21.9. The van der Waals surface area contributed by atoms with Crippen LogP contribution in [0.4, 0.5) is 18.9 Å². The van der Waals surface area contributed by atoms with Crippen molar-refractivity contribution < 1.29 is 33.2 Å². The molecule has 1 aliphatic heterocycles. The van der Waals surface area contributed by atoms with Crippen molar-refractivity contribution in [1.82, 2.24) is 0 Å². The van der Waals surface area contributed by atoms with E-state index in [4.69, 9.17) is 21.4 Å². The summed E-state index contributed by atoms with van der Waals surface area (Å²) in [5.41, 5.74) is -1.44. The van der Waals surface area contributed by atoms with Crippen LogP contribution in [0.1, 0.15) is 18.4 Å². The second-order valence-electron chi connectivity index (χ2n) is 7.40. The number of halogens is 4. The number of aliphatic hydroxyl groups excluding tert-OH is 2. The number of β-amino-alcohol motifs (C(OH)–C–C–N with tert-alkyl or cyclic N) is 1. The number of anilines is 1. The van der Waals surface area contributed by atoms with Crippen LogP contribution < -0.4 is 9.64 Å². The monoisotopic (exact) mass is 445 g/mol. The highest BCUT2D eigenvalue weighted by atomic mass is 35.5. The minimum atomic E-state index is -1.65. The first-order valence-electron chi connectivity index (χ1n) is 9.55. The van der Waals surface area contributed by atoms with E-state index in [1.54, 1.807) is 0 Å². The van der Waals surface area contributed by atoms with Gasteiger partial charge >= 0.3 is 0 Å². The van der Waals surface area contributed by atoms with Gasteiger partial charge in [0.1, 0.15) is 35.6 Å². The van der Waals surface area contributed by atoms with Crippen LogP contribution in [0.3, 0.4) is 0 Å². The van der Waals surface area contributed by atoms with E-state index < -0.39 is 29.2 Å². The molecule has 1 heterocycles. The van der Waals surface area contributed by atoms with Crippen LogP contribution in [0.25, 0.3) is 0 Å². The summed E-state index contributed by atoms with van der Waals surface area (Å²) in [6.45, 7) is -0.485. The van der Waals surface area contributed by atoms with Gasteiger partial charge in [0.15, 0.2) is 11.6 Å². The third-order valence-electron chi connectivity index (χ3n) is 5.23. The van der Waals surface area contributed by atoms with E-state index in [0.29, 0.717) is 24.2 Å². The molecule has 0 aliphatic carbocycles. The van der Waals surface area contributed by atoms with Gasteiger partial charge in [0.05, 0.1) is 0 Å². The van der Waals surface area contributed by atoms with Gasteiger partial charge in [-0.15, -0.1) is 0 Å². The number of rotatable bonds is 7. The van der Waals surface area contributed by atoms with Crippen molar-refractivity contribution in [2.45, 2.75) is 31.0 Å². The number of aryl methyl sites for hydroxylation is 1. The van der Waals surface area contributed by atoms with E-state index >= 15 is 0 Å². The lowest BCUT2D eigenvalue weighted by molar-refractivity contribution is -0.109. The molecule has 164 valence electrons. The van der Waals surface area contributed by atoms with Crippen molar-refractivity contribution in [3.05, 3.63) is 58.4 Å². The maximum atomic E-state index is 14.2. The van der Waals surface area contributed by atoms with Gasteiger partial charge in [0.2, 0.25) is 0 Å². The Morgan fingerprint density at radius 2 is 1.87 bits per heavy atom. The Morgan fingerprint density at radius 3 is 2.50 bits per heavy atom. The summed E-state index contributed by atoms with van der Waals surface area (Å²) in [5.74, 6) is -1.82. The summed E-state index contributed by atoms with van der Waals surface area (Å²) < 4.78 is 47.5. The zero-order valence-corrected chi connectivity index (χ0v) is 16.9. The summed E-state index contributed by atoms with van der Waals surface area (Å²) in [6.07, 6.45) is -0.557. The van der Waals surface area contributed by atoms with Crippen LogP contribution in [0, 0.1) is 17.5 Å². The van der Waals surface area contributed by atoms with E-state index in [2.05, 4.69) is 0 Å². The number of aliphatic hydroxyl groups is 3. The fraction of sp³-hybridized carbons (Fsp3) is 0.429. The molecule has 0 aromatic heterocycles. The fourth-order valence-electron chi connectivity index (χ4n) is 3.53. The largest absolute Gasteiger partial charge is 0.490 e. The fourth-order valence-corrected chi connectivity index (χ4v) is 3.72. The van der Waals surface area contributed by atoms with Gasteiger partial charge in [-0.3, -0.25) is 0 Å². The first kappa shape index (κ1) is 22.7. The molecule has 0 spiro atoms. The molecular weight excluding hydrogens is 423 g/mol. The van der Waals surface area contributed by atoms with Crippen molar-refractivity contribution in [3.63, 3.8) is 0 Å². The highest BCUT2D eigenvalue weighted by molar-refractivity contribution is 6.30. The quantitative estimate of drug-likeness (QED) is 0.611. The average Bonchev–Trinajstić information content (AvgIpc) is 2.68. The zero-order valence-electron chi connectivity index (χ0n) is 16.1. The van der Waals surface area contributed by atoms with Gasteiger partial charge in [-0.2, -0.15) is 0 Å². The Morgan fingerprint density at radius 1 is 1.17 bits per heavy atom. The van der Waals surface area contributed by atoms with E-state index in [9.17, 15) is 23.4 Å². The topological polar surface area (TPSA) is 73.2 Å². The van der Waals surface area contributed by atoms with Crippen LogP contribution in [0.2, 0.25) is 5.02 Å². The molecule has 1 aliphatic rings. The van der Waals surface area contributed by atoms with Crippen molar-refractivity contribution in [3.8, 4) is 5.75 Å². The maximum absolute atomic E-state index is 14.2. The lowest BCUT2D eigenvalue weighted by atomic mass is 9.89. The van der Waals surface area contributed by atoms with E-state index in [1.165, 1.54) is 23.1 Å². The first-order valence-corrected chi connectivity index (χ1v) is 9.93. The van der Waals surface area contributed by atoms with Crippen LogP contribution >= 0.6 is 11.6 Å². The standard InChI is InChI=1S/C21H23ClF3NO4/c22-14-9-16(24)20(17(25)10-14)26-6-5-21(29,19(28)11-26)12-30-18-4-3-15(23)8-13(18)2-1-7-27/h3-4,8-10,19,27-29H,1-2,5-7,11-12H2/t19-,21-/m1/s1. The van der Waals surface area contributed by atoms with Gasteiger partial charge in [-0.05, 0) is 55.2 Å². The molecule has 30 heavy (non-hydrogen) atoms. The number of hydrogen-bond donors (Lipinski definition) is 3. The number of piperidine rings is 1. The van der Waals surface area contributed by atoms with Crippen molar-refractivity contribution in [1.29, 1.82) is 0 Å². The highest BCUT2D eigenvalue weighted by Crippen LogP contribution is 2.33. The lowest BCUT2D eigenvalue weighted by Crippen LogP contribution is -2.58. The molecule has 2 aromatic rings. The Kier molecular flexibility index (Phi) is 7.13. The molecule has 1 saturated heterocycles. The molecule has 5 nitrogen and oxygen atoms in total. The van der Waals surface area contributed by atoms with Crippen LogP contribution in [-0.4, -0.2) is 53.3 Å². The minimum Gasteiger partial charge on any atom is -0.490 e. The average molecular weight is 446 g/mol. The second kappa shape index (κ2) is 9.43. The highest BCUT2D eigenvalue weighted by Gasteiger charge is 2.42. The van der Waals surface area contributed by atoms with Crippen molar-refractivity contribution >= 4 is 17.3 Å². The lowest BCUT2D eigenvalue weighted by Gasteiger charge is -2.42. The summed E-state index contributed by atoms with van der Waals surface area (Å²) in [7, 11) is 0. The van der Waals surface area contributed by atoms with Crippen molar-refractivity contribution in [2.24, 2.45) is 0 Å². The summed E-state index contributed by atoms with van der Waals surface area (Å²) in [5, 5.41) is 30.3. The van der Waals surface area contributed by atoms with Crippen LogP contribution in [0.5, 0.6) is 5.75 Å². The summed E-state index contributed by atoms with van der Waals surface area (Å²) >= 11 is 5.65. The molecule has 0 radical (unpaired) electrons. The normalized spacial score (nSPS) is 21.7. The SMILES string of the molecule is OCCCc1cc(F)ccc1OC[C@]1(O)CCN(c2c(F)cc(Cl)cc2F)C[C@H]1O. The van der Waals surface area contributed by atoms with E-state index in [0.717, 1.165) is 12.1 Å². The Balaban J connectivity index is 1.70. The van der Waals surface area contributed by atoms with Crippen LogP contribution in [0.15, 0.2) is 30.3 Å². The van der Waals surface area contributed by atoms with E-state index in [1.807, 2.05) is 0 Å². The van der Waals surface area contributed by atoms with Gasteiger partial charge in [0, 0.05) is 24.7 Å². The first-order chi connectivity index (χ1) is 14.2. The Hall–Kier alpha value is -2.00. The molecule has 2 atom stereocenters.